The first kappa shape index (κ1) is 12.4. The van der Waals surface area contributed by atoms with Crippen LogP contribution in [0.4, 0.5) is 0 Å². The molecule has 0 heterocycles. The first-order chi connectivity index (χ1) is 7.92. The zero-order valence-electron chi connectivity index (χ0n) is 10.8. The lowest BCUT2D eigenvalue weighted by Gasteiger charge is -2.53. The molecule has 0 spiro atoms. The lowest BCUT2D eigenvalue weighted by atomic mass is 9.52. The maximum absolute atomic E-state index is 11.1. The molecule has 2 atom stereocenters. The van der Waals surface area contributed by atoms with Crippen LogP contribution in [0.1, 0.15) is 46.0 Å². The molecule has 0 aromatic rings. The summed E-state index contributed by atoms with van der Waals surface area (Å²) in [4.78, 5) is 11.1. The Morgan fingerprint density at radius 1 is 1.47 bits per heavy atom. The van der Waals surface area contributed by atoms with Crippen LogP contribution in [0.2, 0.25) is 0 Å². The Morgan fingerprint density at radius 3 is 2.76 bits per heavy atom. The summed E-state index contributed by atoms with van der Waals surface area (Å²) >= 11 is 0. The number of rotatable bonds is 1. The summed E-state index contributed by atoms with van der Waals surface area (Å²) in [7, 11) is 0. The molecule has 2 heteroatoms. The van der Waals surface area contributed by atoms with Crippen LogP contribution >= 0.6 is 0 Å². The van der Waals surface area contributed by atoms with Gasteiger partial charge in [0.2, 0.25) is 0 Å². The second kappa shape index (κ2) is 4.32. The number of carboxylic acids is 1. The largest absolute Gasteiger partial charge is 0.478 e. The highest BCUT2D eigenvalue weighted by Gasteiger charge is 2.47. The predicted molar refractivity (Wildman–Crippen MR) is 68.7 cm³/mol. The number of hydrogen-bond acceptors (Lipinski definition) is 1. The van der Waals surface area contributed by atoms with E-state index in [2.05, 4.69) is 20.4 Å². The molecule has 0 radical (unpaired) electrons. The van der Waals surface area contributed by atoms with Gasteiger partial charge in [-0.2, -0.15) is 0 Å². The Bertz CT molecular complexity index is 376. The van der Waals surface area contributed by atoms with Crippen molar-refractivity contribution in [2.45, 2.75) is 46.0 Å². The Hall–Kier alpha value is -1.05. The Balaban J connectivity index is 2.15. The van der Waals surface area contributed by atoms with Crippen molar-refractivity contribution in [2.24, 2.45) is 17.3 Å². The molecule has 2 aliphatic rings. The molecule has 2 nitrogen and oxygen atoms in total. The van der Waals surface area contributed by atoms with Crippen LogP contribution in [0.15, 0.2) is 23.8 Å². The van der Waals surface area contributed by atoms with Gasteiger partial charge in [-0.25, -0.2) is 4.79 Å². The maximum Gasteiger partial charge on any atom is 0.331 e. The minimum atomic E-state index is -0.744. The number of aliphatic carboxylic acids is 1. The van der Waals surface area contributed by atoms with Gasteiger partial charge in [0, 0.05) is 5.57 Å². The highest BCUT2D eigenvalue weighted by Crippen LogP contribution is 2.56. The molecule has 0 bridgehead atoms. The smallest absolute Gasteiger partial charge is 0.331 e. The van der Waals surface area contributed by atoms with Gasteiger partial charge in [0.25, 0.3) is 0 Å². The summed E-state index contributed by atoms with van der Waals surface area (Å²) in [6.45, 7) is 8.79. The van der Waals surface area contributed by atoms with E-state index in [1.807, 2.05) is 6.08 Å². The zero-order chi connectivity index (χ0) is 12.6. The number of carboxylic acid groups (broad SMARTS) is 1. The first-order valence-electron chi connectivity index (χ1n) is 6.52. The molecular formula is C15H22O2. The van der Waals surface area contributed by atoms with Gasteiger partial charge in [-0.1, -0.05) is 32.1 Å². The van der Waals surface area contributed by atoms with Gasteiger partial charge in [-0.15, -0.1) is 0 Å². The summed E-state index contributed by atoms with van der Waals surface area (Å²) in [5, 5.41) is 9.12. The SMILES string of the molecule is C=C1CCC=C(C(=O)O)CCC2C1CC2(C)C. The molecular weight excluding hydrogens is 212 g/mol. The molecule has 2 rings (SSSR count). The van der Waals surface area contributed by atoms with Crippen molar-refractivity contribution in [1.82, 2.24) is 0 Å². The topological polar surface area (TPSA) is 37.3 Å². The first-order valence-corrected chi connectivity index (χ1v) is 6.52. The highest BCUT2D eigenvalue weighted by atomic mass is 16.4. The van der Waals surface area contributed by atoms with Crippen LogP contribution in [-0.2, 0) is 4.79 Å². The van der Waals surface area contributed by atoms with Crippen LogP contribution in [0.5, 0.6) is 0 Å². The maximum atomic E-state index is 11.1. The molecule has 0 saturated heterocycles. The molecule has 1 saturated carbocycles. The molecule has 0 amide bonds. The van der Waals surface area contributed by atoms with Gasteiger partial charge in [-0.05, 0) is 49.4 Å². The van der Waals surface area contributed by atoms with E-state index >= 15 is 0 Å². The van der Waals surface area contributed by atoms with Gasteiger partial charge in [0.15, 0.2) is 0 Å². The summed E-state index contributed by atoms with van der Waals surface area (Å²) in [5.41, 5.74) is 2.29. The molecule has 0 aromatic heterocycles. The number of hydrogen-bond donors (Lipinski definition) is 1. The fourth-order valence-corrected chi connectivity index (χ4v) is 3.49. The number of allylic oxidation sites excluding steroid dienone is 2. The van der Waals surface area contributed by atoms with Crippen LogP contribution in [-0.4, -0.2) is 11.1 Å². The minimum Gasteiger partial charge on any atom is -0.478 e. The molecule has 1 N–H and O–H groups in total. The van der Waals surface area contributed by atoms with E-state index < -0.39 is 5.97 Å². The lowest BCUT2D eigenvalue weighted by molar-refractivity contribution is -0.133. The normalized spacial score (nSPS) is 32.4. The lowest BCUT2D eigenvalue weighted by Crippen LogP contribution is -2.44. The van der Waals surface area contributed by atoms with Gasteiger partial charge in [0.1, 0.15) is 0 Å². The molecule has 0 aromatic carbocycles. The number of carbonyl (C=O) groups is 1. The molecule has 94 valence electrons. The van der Waals surface area contributed by atoms with Crippen molar-refractivity contribution in [3.63, 3.8) is 0 Å². The molecule has 17 heavy (non-hydrogen) atoms. The van der Waals surface area contributed by atoms with E-state index in [9.17, 15) is 4.79 Å². The summed E-state index contributed by atoms with van der Waals surface area (Å²) in [5.74, 6) is 0.508. The van der Waals surface area contributed by atoms with E-state index in [0.29, 0.717) is 29.2 Å². The fraction of sp³-hybridized carbons (Fsp3) is 0.667. The van der Waals surface area contributed by atoms with Gasteiger partial charge in [-0.3, -0.25) is 0 Å². The van der Waals surface area contributed by atoms with Crippen molar-refractivity contribution in [3.05, 3.63) is 23.8 Å². The van der Waals surface area contributed by atoms with Crippen LogP contribution in [0.25, 0.3) is 0 Å². The van der Waals surface area contributed by atoms with E-state index in [-0.39, 0.29) is 0 Å². The van der Waals surface area contributed by atoms with Crippen molar-refractivity contribution in [1.29, 1.82) is 0 Å². The predicted octanol–water partition coefficient (Wildman–Crippen LogP) is 3.79. The van der Waals surface area contributed by atoms with E-state index in [4.69, 9.17) is 5.11 Å². The number of fused-ring (bicyclic) bond motifs is 1. The quantitative estimate of drug-likeness (QED) is 0.701. The van der Waals surface area contributed by atoms with Crippen LogP contribution in [0.3, 0.4) is 0 Å². The van der Waals surface area contributed by atoms with Crippen LogP contribution in [0, 0.1) is 17.3 Å². The Morgan fingerprint density at radius 2 is 2.18 bits per heavy atom. The van der Waals surface area contributed by atoms with Crippen molar-refractivity contribution in [3.8, 4) is 0 Å². The van der Waals surface area contributed by atoms with Gasteiger partial charge >= 0.3 is 5.97 Å². The van der Waals surface area contributed by atoms with Crippen molar-refractivity contribution in [2.75, 3.05) is 0 Å². The second-order valence-electron chi connectivity index (χ2n) is 6.18. The molecule has 2 aliphatic carbocycles. The van der Waals surface area contributed by atoms with Crippen LogP contribution < -0.4 is 0 Å². The fourth-order valence-electron chi connectivity index (χ4n) is 3.49. The third-order valence-electron chi connectivity index (χ3n) is 4.62. The van der Waals surface area contributed by atoms with E-state index in [1.165, 1.54) is 12.0 Å². The molecule has 2 unspecified atom stereocenters. The Labute approximate surface area is 103 Å². The summed E-state index contributed by atoms with van der Waals surface area (Å²) < 4.78 is 0. The minimum absolute atomic E-state index is 0.363. The summed E-state index contributed by atoms with van der Waals surface area (Å²) in [6.07, 6.45) is 6.62. The van der Waals surface area contributed by atoms with Crippen molar-refractivity contribution >= 4 is 5.97 Å². The second-order valence-corrected chi connectivity index (χ2v) is 6.18. The third-order valence-corrected chi connectivity index (χ3v) is 4.62. The molecule has 0 aliphatic heterocycles. The average Bonchev–Trinajstić information content (AvgIpc) is 2.28. The summed E-state index contributed by atoms with van der Waals surface area (Å²) in [6, 6.07) is 0. The van der Waals surface area contributed by atoms with E-state index in [0.717, 1.165) is 19.3 Å². The van der Waals surface area contributed by atoms with E-state index in [1.54, 1.807) is 0 Å². The standard InChI is InChI=1S/C15H22O2/c1-10-5-4-6-11(14(16)17)7-8-13-12(10)9-15(13,2)3/h6,12-13H,1,4-5,7-9H2,2-3H3,(H,16,17). The average molecular weight is 234 g/mol. The van der Waals surface area contributed by atoms with Gasteiger partial charge in [0.05, 0.1) is 0 Å². The van der Waals surface area contributed by atoms with Gasteiger partial charge < -0.3 is 5.11 Å². The monoisotopic (exact) mass is 234 g/mol. The molecule has 1 fully saturated rings. The third kappa shape index (κ3) is 2.31. The zero-order valence-corrected chi connectivity index (χ0v) is 10.8. The van der Waals surface area contributed by atoms with Crippen molar-refractivity contribution < 1.29 is 9.90 Å². The highest BCUT2D eigenvalue weighted by molar-refractivity contribution is 5.86. The Kier molecular flexibility index (Phi) is 3.15.